The fourth-order valence-corrected chi connectivity index (χ4v) is 2.09. The normalized spacial score (nSPS) is 10.1. The Balaban J connectivity index is 2.51. The molecule has 0 radical (unpaired) electrons. The molecule has 6 heteroatoms. The van der Waals surface area contributed by atoms with Gasteiger partial charge in [0.25, 0.3) is 0 Å². The van der Waals surface area contributed by atoms with Crippen molar-refractivity contribution in [3.63, 3.8) is 0 Å². The molecule has 1 aromatic heterocycles. The highest BCUT2D eigenvalue weighted by Crippen LogP contribution is 2.35. The number of rotatable bonds is 4. The summed E-state index contributed by atoms with van der Waals surface area (Å²) in [4.78, 5) is 0. The van der Waals surface area contributed by atoms with E-state index in [1.807, 2.05) is 25.2 Å². The number of nitrogens with one attached hydrogen (secondary N) is 1. The third-order valence-corrected chi connectivity index (χ3v) is 2.92. The molecule has 0 spiro atoms. The quantitative estimate of drug-likeness (QED) is 0.903. The standard InChI is InChI=1S/C11H13N3O2S/c1-12-11-10(13-17-14-11)8-5-4-7(15-2)6-9(8)16-3/h4-6H,1-3H3,(H,12,14). The van der Waals surface area contributed by atoms with E-state index in [1.54, 1.807) is 14.2 Å². The summed E-state index contributed by atoms with van der Waals surface area (Å²) in [5.41, 5.74) is 1.68. The molecule has 0 saturated heterocycles. The smallest absolute Gasteiger partial charge is 0.168 e. The first-order valence-corrected chi connectivity index (χ1v) is 5.76. The molecule has 0 saturated carbocycles. The molecule has 1 heterocycles. The maximum absolute atomic E-state index is 5.34. The molecule has 1 aromatic carbocycles. The van der Waals surface area contributed by atoms with Gasteiger partial charge in [-0.2, -0.15) is 8.75 Å². The van der Waals surface area contributed by atoms with Gasteiger partial charge in [-0.15, -0.1) is 0 Å². The van der Waals surface area contributed by atoms with Crippen molar-refractivity contribution in [3.05, 3.63) is 18.2 Å². The summed E-state index contributed by atoms with van der Waals surface area (Å²) in [5.74, 6) is 2.21. The van der Waals surface area contributed by atoms with Crippen LogP contribution in [0.25, 0.3) is 11.3 Å². The monoisotopic (exact) mass is 251 g/mol. The molecule has 0 aliphatic rings. The summed E-state index contributed by atoms with van der Waals surface area (Å²) < 4.78 is 18.9. The molecular weight excluding hydrogens is 238 g/mol. The minimum atomic E-state index is 0.716. The molecule has 90 valence electrons. The number of aromatic nitrogens is 2. The van der Waals surface area contributed by atoms with E-state index in [2.05, 4.69) is 14.1 Å². The molecule has 2 aromatic rings. The van der Waals surface area contributed by atoms with Crippen molar-refractivity contribution in [2.75, 3.05) is 26.6 Å². The molecule has 2 rings (SSSR count). The second-order valence-electron chi connectivity index (χ2n) is 3.28. The molecule has 0 fully saturated rings. The zero-order chi connectivity index (χ0) is 12.3. The van der Waals surface area contributed by atoms with Gasteiger partial charge in [-0.3, -0.25) is 0 Å². The van der Waals surface area contributed by atoms with Gasteiger partial charge in [-0.05, 0) is 12.1 Å². The molecule has 17 heavy (non-hydrogen) atoms. The Bertz CT molecular complexity index is 513. The zero-order valence-corrected chi connectivity index (χ0v) is 10.7. The van der Waals surface area contributed by atoms with Crippen molar-refractivity contribution in [3.8, 4) is 22.8 Å². The van der Waals surface area contributed by atoms with Crippen LogP contribution in [-0.4, -0.2) is 30.0 Å². The molecule has 5 nitrogen and oxygen atoms in total. The van der Waals surface area contributed by atoms with Crippen molar-refractivity contribution >= 4 is 17.5 Å². The van der Waals surface area contributed by atoms with E-state index in [-0.39, 0.29) is 0 Å². The lowest BCUT2D eigenvalue weighted by atomic mass is 10.1. The molecular formula is C11H13N3O2S. The minimum Gasteiger partial charge on any atom is -0.497 e. The molecule has 1 N–H and O–H groups in total. The average molecular weight is 251 g/mol. The molecule has 0 unspecified atom stereocenters. The molecule has 0 bridgehead atoms. The number of ether oxygens (including phenoxy) is 2. The van der Waals surface area contributed by atoms with Crippen molar-refractivity contribution in [1.29, 1.82) is 0 Å². The van der Waals surface area contributed by atoms with Crippen LogP contribution in [-0.2, 0) is 0 Å². The molecule has 0 aliphatic heterocycles. The van der Waals surface area contributed by atoms with E-state index < -0.39 is 0 Å². The van der Waals surface area contributed by atoms with Crippen molar-refractivity contribution in [1.82, 2.24) is 8.75 Å². The van der Waals surface area contributed by atoms with Gasteiger partial charge in [0, 0.05) is 18.7 Å². The first-order chi connectivity index (χ1) is 8.30. The molecule has 0 amide bonds. The largest absolute Gasteiger partial charge is 0.497 e. The van der Waals surface area contributed by atoms with Gasteiger partial charge in [-0.25, -0.2) is 0 Å². The SMILES string of the molecule is CNc1nsnc1-c1ccc(OC)cc1OC. The topological polar surface area (TPSA) is 56.3 Å². The van der Waals surface area contributed by atoms with Crippen LogP contribution in [0.2, 0.25) is 0 Å². The maximum atomic E-state index is 5.34. The van der Waals surface area contributed by atoms with Crippen molar-refractivity contribution < 1.29 is 9.47 Å². The van der Waals surface area contributed by atoms with E-state index in [0.29, 0.717) is 5.75 Å². The minimum absolute atomic E-state index is 0.716. The first-order valence-electron chi connectivity index (χ1n) is 5.03. The van der Waals surface area contributed by atoms with Crippen LogP contribution in [0, 0.1) is 0 Å². The van der Waals surface area contributed by atoms with Crippen LogP contribution in [0.1, 0.15) is 0 Å². The van der Waals surface area contributed by atoms with Gasteiger partial charge in [0.1, 0.15) is 17.2 Å². The number of hydrogen-bond acceptors (Lipinski definition) is 6. The summed E-state index contributed by atoms with van der Waals surface area (Å²) >= 11 is 1.17. The van der Waals surface area contributed by atoms with E-state index >= 15 is 0 Å². The molecule has 0 aliphatic carbocycles. The van der Waals surface area contributed by atoms with E-state index in [9.17, 15) is 0 Å². The number of benzene rings is 1. The van der Waals surface area contributed by atoms with Crippen LogP contribution in [0.15, 0.2) is 18.2 Å². The van der Waals surface area contributed by atoms with Crippen LogP contribution >= 0.6 is 11.7 Å². The number of anilines is 1. The Kier molecular flexibility index (Phi) is 3.43. The lowest BCUT2D eigenvalue weighted by Crippen LogP contribution is -1.94. The van der Waals surface area contributed by atoms with Gasteiger partial charge in [-0.1, -0.05) is 0 Å². The van der Waals surface area contributed by atoms with Crippen LogP contribution in [0.3, 0.4) is 0 Å². The lowest BCUT2D eigenvalue weighted by molar-refractivity contribution is 0.395. The fraction of sp³-hybridized carbons (Fsp3) is 0.273. The number of methoxy groups -OCH3 is 2. The summed E-state index contributed by atoms with van der Waals surface area (Å²) in [5, 5.41) is 3.00. The Labute approximate surface area is 104 Å². The lowest BCUT2D eigenvalue weighted by Gasteiger charge is -2.09. The van der Waals surface area contributed by atoms with Crippen LogP contribution in [0.5, 0.6) is 11.5 Å². The number of hydrogen-bond donors (Lipinski definition) is 1. The summed E-state index contributed by atoms with van der Waals surface area (Å²) in [6.07, 6.45) is 0. The highest BCUT2D eigenvalue weighted by Gasteiger charge is 2.14. The van der Waals surface area contributed by atoms with E-state index in [1.165, 1.54) is 11.7 Å². The van der Waals surface area contributed by atoms with Gasteiger partial charge in [0.05, 0.1) is 25.9 Å². The maximum Gasteiger partial charge on any atom is 0.168 e. The highest BCUT2D eigenvalue weighted by molar-refractivity contribution is 6.99. The Morgan fingerprint density at radius 3 is 2.65 bits per heavy atom. The van der Waals surface area contributed by atoms with Gasteiger partial charge in [0.15, 0.2) is 5.82 Å². The summed E-state index contributed by atoms with van der Waals surface area (Å²) in [7, 11) is 5.06. The Morgan fingerprint density at radius 1 is 1.18 bits per heavy atom. The third-order valence-electron chi connectivity index (χ3n) is 2.39. The Hall–Kier alpha value is -1.82. The van der Waals surface area contributed by atoms with Gasteiger partial charge < -0.3 is 14.8 Å². The summed E-state index contributed by atoms with van der Waals surface area (Å²) in [6.45, 7) is 0. The van der Waals surface area contributed by atoms with E-state index in [4.69, 9.17) is 9.47 Å². The number of nitrogens with zero attached hydrogens (tertiary/aromatic N) is 2. The van der Waals surface area contributed by atoms with Crippen molar-refractivity contribution in [2.45, 2.75) is 0 Å². The van der Waals surface area contributed by atoms with Crippen molar-refractivity contribution in [2.24, 2.45) is 0 Å². The predicted octanol–water partition coefficient (Wildman–Crippen LogP) is 2.26. The first kappa shape index (κ1) is 11.7. The van der Waals surface area contributed by atoms with E-state index in [0.717, 1.165) is 22.8 Å². The van der Waals surface area contributed by atoms with Gasteiger partial charge in [0.2, 0.25) is 0 Å². The zero-order valence-electron chi connectivity index (χ0n) is 9.85. The second kappa shape index (κ2) is 5.01. The van der Waals surface area contributed by atoms with Crippen LogP contribution in [0.4, 0.5) is 5.82 Å². The average Bonchev–Trinajstić information content (AvgIpc) is 2.85. The van der Waals surface area contributed by atoms with Gasteiger partial charge >= 0.3 is 0 Å². The predicted molar refractivity (Wildman–Crippen MR) is 68.0 cm³/mol. The van der Waals surface area contributed by atoms with Crippen LogP contribution < -0.4 is 14.8 Å². The fourth-order valence-electron chi connectivity index (χ4n) is 1.52. The second-order valence-corrected chi connectivity index (χ2v) is 3.81. The highest BCUT2D eigenvalue weighted by atomic mass is 32.1. The molecule has 0 atom stereocenters. The summed E-state index contributed by atoms with van der Waals surface area (Å²) in [6, 6.07) is 5.61. The third kappa shape index (κ3) is 2.16. The Morgan fingerprint density at radius 2 is 2.00 bits per heavy atom.